The molecule has 0 saturated carbocycles. The fourth-order valence-corrected chi connectivity index (χ4v) is 1.04. The van der Waals surface area contributed by atoms with Gasteiger partial charge >= 0.3 is 0 Å². The molecular weight excluding hydrogens is 176 g/mol. The quantitative estimate of drug-likeness (QED) is 0.673. The maximum Gasteiger partial charge on any atom is 0.0794 e. The number of rotatable bonds is 4. The molecule has 1 rings (SSSR count). The largest absolute Gasteiger partial charge is 0.385 e. The normalized spacial score (nSPS) is 12.8. The maximum atomic E-state index is 6.00. The van der Waals surface area contributed by atoms with Crippen LogP contribution in [-0.4, -0.2) is 23.7 Å². The van der Waals surface area contributed by atoms with Crippen LogP contribution in [0, 0.1) is 0 Å². The lowest BCUT2D eigenvalue weighted by Crippen LogP contribution is -1.99. The zero-order chi connectivity index (χ0) is 8.81. The number of halogens is 1. The zero-order valence-corrected chi connectivity index (χ0v) is 7.66. The summed E-state index contributed by atoms with van der Waals surface area (Å²) in [4.78, 5) is 8.01. The summed E-state index contributed by atoms with van der Waals surface area (Å²) in [5.74, 6) is 0. The van der Waals surface area contributed by atoms with Crippen molar-refractivity contribution >= 4 is 11.6 Å². The van der Waals surface area contributed by atoms with Crippen LogP contribution in [0.15, 0.2) is 18.6 Å². The van der Waals surface area contributed by atoms with Crippen molar-refractivity contribution in [1.82, 2.24) is 9.97 Å². The van der Waals surface area contributed by atoms with E-state index in [4.69, 9.17) is 16.3 Å². The number of methoxy groups -OCH3 is 1. The SMILES string of the molecule is COCCC(Cl)c1cnccn1. The van der Waals surface area contributed by atoms with E-state index < -0.39 is 0 Å². The number of ether oxygens (including phenoxy) is 1. The third kappa shape index (κ3) is 2.75. The Morgan fingerprint density at radius 3 is 3.00 bits per heavy atom. The second kappa shape index (κ2) is 5.06. The molecule has 1 atom stereocenters. The molecular formula is C8H11ClN2O. The van der Waals surface area contributed by atoms with Crippen LogP contribution in [-0.2, 0) is 4.74 Å². The van der Waals surface area contributed by atoms with Crippen molar-refractivity contribution in [2.75, 3.05) is 13.7 Å². The van der Waals surface area contributed by atoms with Gasteiger partial charge in [-0.05, 0) is 6.42 Å². The van der Waals surface area contributed by atoms with Gasteiger partial charge < -0.3 is 4.74 Å². The molecule has 0 spiro atoms. The van der Waals surface area contributed by atoms with Gasteiger partial charge in [0.2, 0.25) is 0 Å². The number of alkyl halides is 1. The van der Waals surface area contributed by atoms with Crippen LogP contribution in [0.2, 0.25) is 0 Å². The van der Waals surface area contributed by atoms with Gasteiger partial charge in [-0.25, -0.2) is 0 Å². The molecule has 0 radical (unpaired) electrons. The van der Waals surface area contributed by atoms with E-state index in [1.807, 2.05) is 0 Å². The highest BCUT2D eigenvalue weighted by Crippen LogP contribution is 2.20. The van der Waals surface area contributed by atoms with E-state index in [9.17, 15) is 0 Å². The summed E-state index contributed by atoms with van der Waals surface area (Å²) in [6.45, 7) is 0.644. The first kappa shape index (κ1) is 9.42. The van der Waals surface area contributed by atoms with Gasteiger partial charge in [-0.3, -0.25) is 9.97 Å². The van der Waals surface area contributed by atoms with Crippen molar-refractivity contribution in [2.24, 2.45) is 0 Å². The first-order valence-electron chi connectivity index (χ1n) is 3.73. The summed E-state index contributed by atoms with van der Waals surface area (Å²) >= 11 is 6.00. The predicted molar refractivity (Wildman–Crippen MR) is 47.1 cm³/mol. The molecule has 0 fully saturated rings. The monoisotopic (exact) mass is 186 g/mol. The average Bonchev–Trinajstić information content (AvgIpc) is 2.15. The summed E-state index contributed by atoms with van der Waals surface area (Å²) in [5.41, 5.74) is 0.802. The number of hydrogen-bond acceptors (Lipinski definition) is 3. The lowest BCUT2D eigenvalue weighted by molar-refractivity contribution is 0.193. The first-order chi connectivity index (χ1) is 5.84. The Kier molecular flexibility index (Phi) is 3.97. The lowest BCUT2D eigenvalue weighted by Gasteiger charge is -2.06. The van der Waals surface area contributed by atoms with Gasteiger partial charge in [0, 0.05) is 32.3 Å². The smallest absolute Gasteiger partial charge is 0.0794 e. The highest BCUT2D eigenvalue weighted by atomic mass is 35.5. The molecule has 0 bridgehead atoms. The predicted octanol–water partition coefficient (Wildman–Crippen LogP) is 1.79. The summed E-state index contributed by atoms with van der Waals surface area (Å²) in [6, 6.07) is 0. The Hall–Kier alpha value is -0.670. The molecule has 4 heteroatoms. The number of hydrogen-bond donors (Lipinski definition) is 0. The summed E-state index contributed by atoms with van der Waals surface area (Å²) in [6.07, 6.45) is 5.70. The number of aromatic nitrogens is 2. The third-order valence-electron chi connectivity index (χ3n) is 1.48. The van der Waals surface area contributed by atoms with Crippen molar-refractivity contribution in [3.05, 3.63) is 24.3 Å². The van der Waals surface area contributed by atoms with Gasteiger partial charge in [0.05, 0.1) is 11.1 Å². The van der Waals surface area contributed by atoms with E-state index in [1.165, 1.54) is 0 Å². The number of nitrogens with zero attached hydrogens (tertiary/aromatic N) is 2. The minimum Gasteiger partial charge on any atom is -0.385 e. The van der Waals surface area contributed by atoms with Gasteiger partial charge in [-0.1, -0.05) is 0 Å². The van der Waals surface area contributed by atoms with E-state index in [0.29, 0.717) is 6.61 Å². The molecule has 12 heavy (non-hydrogen) atoms. The van der Waals surface area contributed by atoms with Crippen LogP contribution in [0.3, 0.4) is 0 Å². The molecule has 3 nitrogen and oxygen atoms in total. The molecule has 0 aromatic carbocycles. The fraction of sp³-hybridized carbons (Fsp3) is 0.500. The molecule has 1 unspecified atom stereocenters. The zero-order valence-electron chi connectivity index (χ0n) is 6.90. The Labute approximate surface area is 76.7 Å². The molecule has 1 aromatic rings. The van der Waals surface area contributed by atoms with Crippen LogP contribution < -0.4 is 0 Å². The molecule has 0 aliphatic carbocycles. The Bertz CT molecular complexity index is 218. The average molecular weight is 187 g/mol. The third-order valence-corrected chi connectivity index (χ3v) is 1.92. The van der Waals surface area contributed by atoms with E-state index >= 15 is 0 Å². The van der Waals surface area contributed by atoms with Gasteiger partial charge in [0.25, 0.3) is 0 Å². The molecule has 0 aliphatic rings. The maximum absolute atomic E-state index is 6.00. The molecule has 1 heterocycles. The second-order valence-corrected chi connectivity index (χ2v) is 2.91. The van der Waals surface area contributed by atoms with Crippen molar-refractivity contribution < 1.29 is 4.74 Å². The molecule has 0 saturated heterocycles. The van der Waals surface area contributed by atoms with Crippen molar-refractivity contribution in [3.8, 4) is 0 Å². The highest BCUT2D eigenvalue weighted by Gasteiger charge is 2.07. The molecule has 0 aliphatic heterocycles. The molecule has 66 valence electrons. The van der Waals surface area contributed by atoms with Crippen LogP contribution in [0.5, 0.6) is 0 Å². The summed E-state index contributed by atoms with van der Waals surface area (Å²) in [7, 11) is 1.65. The molecule has 0 amide bonds. The van der Waals surface area contributed by atoms with Gasteiger partial charge in [0.1, 0.15) is 0 Å². The van der Waals surface area contributed by atoms with Crippen LogP contribution in [0.25, 0.3) is 0 Å². The lowest BCUT2D eigenvalue weighted by atomic mass is 10.2. The van der Waals surface area contributed by atoms with E-state index in [1.54, 1.807) is 25.7 Å². The van der Waals surface area contributed by atoms with Gasteiger partial charge in [-0.2, -0.15) is 0 Å². The standard InChI is InChI=1S/C8H11ClN2O/c1-12-5-2-7(9)8-6-10-3-4-11-8/h3-4,6-7H,2,5H2,1H3. The summed E-state index contributed by atoms with van der Waals surface area (Å²) in [5, 5.41) is -0.0985. The Morgan fingerprint density at radius 2 is 2.42 bits per heavy atom. The summed E-state index contributed by atoms with van der Waals surface area (Å²) < 4.78 is 4.90. The Morgan fingerprint density at radius 1 is 1.58 bits per heavy atom. The van der Waals surface area contributed by atoms with Crippen molar-refractivity contribution in [3.63, 3.8) is 0 Å². The topological polar surface area (TPSA) is 35.0 Å². The second-order valence-electron chi connectivity index (χ2n) is 2.38. The minimum absolute atomic E-state index is 0.0985. The van der Waals surface area contributed by atoms with Crippen molar-refractivity contribution in [1.29, 1.82) is 0 Å². The minimum atomic E-state index is -0.0985. The van der Waals surface area contributed by atoms with E-state index in [-0.39, 0.29) is 5.38 Å². The fourth-order valence-electron chi connectivity index (χ4n) is 0.842. The molecule has 0 N–H and O–H groups in total. The van der Waals surface area contributed by atoms with Crippen LogP contribution in [0.1, 0.15) is 17.5 Å². The molecule has 1 aromatic heterocycles. The Balaban J connectivity index is 2.48. The van der Waals surface area contributed by atoms with Gasteiger partial charge in [-0.15, -0.1) is 11.6 Å². The van der Waals surface area contributed by atoms with Crippen LogP contribution in [0.4, 0.5) is 0 Å². The van der Waals surface area contributed by atoms with Gasteiger partial charge in [0.15, 0.2) is 0 Å². The highest BCUT2D eigenvalue weighted by molar-refractivity contribution is 6.20. The van der Waals surface area contributed by atoms with Crippen LogP contribution >= 0.6 is 11.6 Å². The van der Waals surface area contributed by atoms with Crippen molar-refractivity contribution in [2.45, 2.75) is 11.8 Å². The van der Waals surface area contributed by atoms with E-state index in [2.05, 4.69) is 9.97 Å². The van der Waals surface area contributed by atoms with E-state index in [0.717, 1.165) is 12.1 Å². The first-order valence-corrected chi connectivity index (χ1v) is 4.17.